The predicted octanol–water partition coefficient (Wildman–Crippen LogP) is 3.82. The first-order valence-corrected chi connectivity index (χ1v) is 8.42. The lowest BCUT2D eigenvalue weighted by Gasteiger charge is -2.12. The van der Waals surface area contributed by atoms with Crippen LogP contribution in [-0.2, 0) is 0 Å². The smallest absolute Gasteiger partial charge is 0.274 e. The van der Waals surface area contributed by atoms with Gasteiger partial charge in [0.05, 0.1) is 22.8 Å². The van der Waals surface area contributed by atoms with Gasteiger partial charge in [-0.15, -0.1) is 0 Å². The zero-order valence-corrected chi connectivity index (χ0v) is 15.3. The molecule has 2 rings (SSSR count). The lowest BCUT2D eigenvalue weighted by Crippen LogP contribution is -2.34. The zero-order valence-electron chi connectivity index (χ0n) is 14.4. The number of benzene rings is 2. The Balaban J connectivity index is 2.00. The molecule has 7 nitrogen and oxygen atoms in total. The summed E-state index contributed by atoms with van der Waals surface area (Å²) in [6.07, 6.45) is 0.902. The Labute approximate surface area is 156 Å². The summed E-state index contributed by atoms with van der Waals surface area (Å²) in [4.78, 5) is 22.8. The third-order valence-corrected chi connectivity index (χ3v) is 3.77. The molecule has 0 bridgehead atoms. The summed E-state index contributed by atoms with van der Waals surface area (Å²) in [5.74, 6) is 0.309. The van der Waals surface area contributed by atoms with Crippen LogP contribution in [0, 0.1) is 17.0 Å². The molecule has 0 saturated heterocycles. The van der Waals surface area contributed by atoms with Crippen LogP contribution in [-0.4, -0.2) is 22.5 Å². The Morgan fingerprint density at radius 1 is 1.23 bits per heavy atom. The first-order valence-electron chi connectivity index (χ1n) is 8.01. The van der Waals surface area contributed by atoms with Crippen molar-refractivity contribution in [2.45, 2.75) is 20.3 Å². The summed E-state index contributed by atoms with van der Waals surface area (Å²) in [7, 11) is 0. The second kappa shape index (κ2) is 8.91. The molecule has 0 atom stereocenters. The highest BCUT2D eigenvalue weighted by Gasteiger charge is 2.15. The molecule has 26 heavy (non-hydrogen) atoms. The standard InChI is InChI=1S/C18H19N3O4S/c1-3-11-25-14-9-7-13(8-10-14)17(22)20-18(26)19-15-5-4-6-16(12(15)2)21(23)24/h4-10H,3,11H2,1-2H3,(H2,19,20,22,26). The molecule has 0 aliphatic heterocycles. The Bertz CT molecular complexity index is 822. The van der Waals surface area contributed by atoms with Gasteiger partial charge in [0.2, 0.25) is 0 Å². The van der Waals surface area contributed by atoms with E-state index in [2.05, 4.69) is 10.6 Å². The van der Waals surface area contributed by atoms with E-state index in [1.165, 1.54) is 6.07 Å². The summed E-state index contributed by atoms with van der Waals surface area (Å²) in [5, 5.41) is 16.4. The van der Waals surface area contributed by atoms with E-state index in [0.717, 1.165) is 6.42 Å². The van der Waals surface area contributed by atoms with Gasteiger partial charge in [0.15, 0.2) is 5.11 Å². The van der Waals surface area contributed by atoms with Crippen LogP contribution >= 0.6 is 12.2 Å². The van der Waals surface area contributed by atoms with Crippen molar-refractivity contribution in [3.05, 3.63) is 63.7 Å². The first kappa shape index (κ1) is 19.3. The van der Waals surface area contributed by atoms with E-state index in [0.29, 0.717) is 29.2 Å². The monoisotopic (exact) mass is 373 g/mol. The van der Waals surface area contributed by atoms with Crippen LogP contribution in [0.4, 0.5) is 11.4 Å². The number of carbonyl (C=O) groups excluding carboxylic acids is 1. The third kappa shape index (κ3) is 5.00. The van der Waals surface area contributed by atoms with E-state index in [4.69, 9.17) is 17.0 Å². The highest BCUT2D eigenvalue weighted by molar-refractivity contribution is 7.80. The molecule has 0 radical (unpaired) electrons. The van der Waals surface area contributed by atoms with Crippen LogP contribution in [0.5, 0.6) is 5.75 Å². The summed E-state index contributed by atoms with van der Waals surface area (Å²) in [5.41, 5.74) is 1.31. The summed E-state index contributed by atoms with van der Waals surface area (Å²) in [6, 6.07) is 11.3. The van der Waals surface area contributed by atoms with E-state index in [1.54, 1.807) is 43.3 Å². The van der Waals surface area contributed by atoms with Crippen molar-refractivity contribution in [3.8, 4) is 5.75 Å². The predicted molar refractivity (Wildman–Crippen MR) is 104 cm³/mol. The van der Waals surface area contributed by atoms with E-state index in [1.807, 2.05) is 6.92 Å². The second-order valence-electron chi connectivity index (χ2n) is 5.49. The van der Waals surface area contributed by atoms with Crippen LogP contribution in [0.15, 0.2) is 42.5 Å². The average molecular weight is 373 g/mol. The number of nitrogens with zero attached hydrogens (tertiary/aromatic N) is 1. The number of thiocarbonyl (C=S) groups is 1. The lowest BCUT2D eigenvalue weighted by atomic mass is 10.1. The van der Waals surface area contributed by atoms with Crippen LogP contribution in [0.1, 0.15) is 29.3 Å². The van der Waals surface area contributed by atoms with Crippen molar-refractivity contribution in [3.63, 3.8) is 0 Å². The second-order valence-corrected chi connectivity index (χ2v) is 5.90. The van der Waals surface area contributed by atoms with Gasteiger partial charge in [-0.1, -0.05) is 13.0 Å². The number of nitrogens with one attached hydrogen (secondary N) is 2. The molecule has 0 unspecified atom stereocenters. The molecule has 2 aromatic rings. The van der Waals surface area contributed by atoms with Crippen LogP contribution < -0.4 is 15.4 Å². The zero-order chi connectivity index (χ0) is 19.1. The SMILES string of the molecule is CCCOc1ccc(C(=O)NC(=S)Nc2cccc([N+](=O)[O-])c2C)cc1. The largest absolute Gasteiger partial charge is 0.494 e. The fourth-order valence-electron chi connectivity index (χ4n) is 2.21. The van der Waals surface area contributed by atoms with Crippen molar-refractivity contribution in [2.24, 2.45) is 0 Å². The molecule has 0 fully saturated rings. The van der Waals surface area contributed by atoms with E-state index >= 15 is 0 Å². The normalized spacial score (nSPS) is 10.1. The number of rotatable bonds is 6. The first-order chi connectivity index (χ1) is 12.4. The van der Waals surface area contributed by atoms with Gasteiger partial charge in [-0.25, -0.2) is 0 Å². The molecule has 0 saturated carbocycles. The molecular weight excluding hydrogens is 354 g/mol. The quantitative estimate of drug-likeness (QED) is 0.454. The van der Waals surface area contributed by atoms with Gasteiger partial charge >= 0.3 is 0 Å². The van der Waals surface area contributed by atoms with Gasteiger partial charge in [-0.2, -0.15) is 0 Å². The highest BCUT2D eigenvalue weighted by atomic mass is 32.1. The topological polar surface area (TPSA) is 93.5 Å². The van der Waals surface area contributed by atoms with Gasteiger partial charge < -0.3 is 10.1 Å². The number of hydrogen-bond donors (Lipinski definition) is 2. The van der Waals surface area contributed by atoms with Gasteiger partial charge in [-0.05, 0) is 55.9 Å². The number of nitro benzene ring substituents is 1. The van der Waals surface area contributed by atoms with Gasteiger partial charge in [0.25, 0.3) is 11.6 Å². The Morgan fingerprint density at radius 2 is 1.92 bits per heavy atom. The maximum absolute atomic E-state index is 12.2. The number of nitro groups is 1. The minimum Gasteiger partial charge on any atom is -0.494 e. The lowest BCUT2D eigenvalue weighted by molar-refractivity contribution is -0.385. The van der Waals surface area contributed by atoms with Crippen LogP contribution in [0.25, 0.3) is 0 Å². The molecule has 136 valence electrons. The minimum atomic E-state index is -0.468. The average Bonchev–Trinajstić information content (AvgIpc) is 2.61. The van der Waals surface area contributed by atoms with Crippen molar-refractivity contribution in [1.29, 1.82) is 0 Å². The Morgan fingerprint density at radius 3 is 2.54 bits per heavy atom. The number of hydrogen-bond acceptors (Lipinski definition) is 5. The number of ether oxygens (including phenoxy) is 1. The Kier molecular flexibility index (Phi) is 6.62. The van der Waals surface area contributed by atoms with E-state index < -0.39 is 4.92 Å². The molecule has 0 spiro atoms. The molecule has 2 aromatic carbocycles. The van der Waals surface area contributed by atoms with Crippen LogP contribution in [0.2, 0.25) is 0 Å². The molecule has 2 N–H and O–H groups in total. The van der Waals surface area contributed by atoms with Gasteiger partial charge in [0.1, 0.15) is 5.75 Å². The van der Waals surface area contributed by atoms with E-state index in [-0.39, 0.29) is 16.7 Å². The fraction of sp³-hybridized carbons (Fsp3) is 0.222. The summed E-state index contributed by atoms with van der Waals surface area (Å²) >= 11 is 5.13. The maximum Gasteiger partial charge on any atom is 0.274 e. The molecule has 1 amide bonds. The third-order valence-electron chi connectivity index (χ3n) is 3.57. The minimum absolute atomic E-state index is 0.0215. The van der Waals surface area contributed by atoms with Crippen LogP contribution in [0.3, 0.4) is 0 Å². The molecule has 0 aliphatic rings. The molecule has 0 aromatic heterocycles. The summed E-state index contributed by atoms with van der Waals surface area (Å²) < 4.78 is 5.47. The molecule has 0 heterocycles. The summed E-state index contributed by atoms with van der Waals surface area (Å²) in [6.45, 7) is 4.24. The molecule has 0 aliphatic carbocycles. The number of amides is 1. The van der Waals surface area contributed by atoms with Crippen molar-refractivity contribution < 1.29 is 14.5 Å². The van der Waals surface area contributed by atoms with Crippen molar-refractivity contribution >= 4 is 34.6 Å². The highest BCUT2D eigenvalue weighted by Crippen LogP contribution is 2.24. The fourth-order valence-corrected chi connectivity index (χ4v) is 2.41. The maximum atomic E-state index is 12.2. The Hall–Kier alpha value is -3.00. The van der Waals surface area contributed by atoms with E-state index in [9.17, 15) is 14.9 Å². The number of carbonyl (C=O) groups is 1. The van der Waals surface area contributed by atoms with Gasteiger partial charge in [-0.3, -0.25) is 20.2 Å². The van der Waals surface area contributed by atoms with Crippen molar-refractivity contribution in [1.82, 2.24) is 5.32 Å². The van der Waals surface area contributed by atoms with Gasteiger partial charge in [0, 0.05) is 11.6 Å². The van der Waals surface area contributed by atoms with Crippen molar-refractivity contribution in [2.75, 3.05) is 11.9 Å². The molecule has 8 heteroatoms. The molecular formula is C18H19N3O4S. The number of anilines is 1.